The average Bonchev–Trinajstić information content (AvgIpc) is 2.98. The highest BCUT2D eigenvalue weighted by atomic mass is 32.1. The van der Waals surface area contributed by atoms with Crippen molar-refractivity contribution in [3.63, 3.8) is 0 Å². The normalized spacial score (nSPS) is 13.2. The molecule has 0 aliphatic carbocycles. The SMILES string of the molecule is NCC[N+](CCN)(CCCS)CCC[C@H](N)C(=O)N[C@H](CCc1ccccc1)C(=O)Cc1cnc2ccccc2c1. The number of carbonyl (C=O) groups excluding carboxylic acids is 2. The van der Waals surface area contributed by atoms with Gasteiger partial charge in [-0.15, -0.1) is 0 Å². The number of amides is 1. The summed E-state index contributed by atoms with van der Waals surface area (Å²) in [7, 11) is 0. The molecule has 0 radical (unpaired) electrons. The Morgan fingerprint density at radius 3 is 2.27 bits per heavy atom. The van der Waals surface area contributed by atoms with E-state index in [4.69, 9.17) is 17.2 Å². The number of hydrogen-bond donors (Lipinski definition) is 5. The number of carbonyl (C=O) groups is 2. The third kappa shape index (κ3) is 10.5. The van der Waals surface area contributed by atoms with Crippen molar-refractivity contribution in [3.8, 4) is 0 Å². The van der Waals surface area contributed by atoms with Crippen LogP contribution in [-0.2, 0) is 22.4 Å². The second kappa shape index (κ2) is 17.2. The summed E-state index contributed by atoms with van der Waals surface area (Å²) in [6.45, 7) is 4.65. The highest BCUT2D eigenvalue weighted by Gasteiger charge is 2.27. The van der Waals surface area contributed by atoms with Gasteiger partial charge in [0.1, 0.15) is 0 Å². The number of nitrogens with one attached hydrogen (secondary N) is 1. The highest BCUT2D eigenvalue weighted by molar-refractivity contribution is 7.80. The van der Waals surface area contributed by atoms with Gasteiger partial charge in [-0.25, -0.2) is 0 Å². The largest absolute Gasteiger partial charge is 0.345 e. The zero-order chi connectivity index (χ0) is 29.5. The van der Waals surface area contributed by atoms with E-state index in [2.05, 4.69) is 22.9 Å². The summed E-state index contributed by atoms with van der Waals surface area (Å²) in [4.78, 5) is 31.2. The third-order valence-corrected chi connectivity index (χ3v) is 8.09. The van der Waals surface area contributed by atoms with E-state index in [9.17, 15) is 9.59 Å². The molecule has 8 nitrogen and oxygen atoms in total. The Labute approximate surface area is 250 Å². The van der Waals surface area contributed by atoms with Crippen LogP contribution in [0, 0.1) is 0 Å². The van der Waals surface area contributed by atoms with E-state index in [0.29, 0.717) is 32.4 Å². The first-order valence-electron chi connectivity index (χ1n) is 14.7. The number of benzene rings is 2. The van der Waals surface area contributed by atoms with Gasteiger partial charge in [0.15, 0.2) is 5.78 Å². The van der Waals surface area contributed by atoms with Crippen molar-refractivity contribution >= 4 is 35.2 Å². The molecule has 2 aromatic carbocycles. The Morgan fingerprint density at radius 1 is 0.878 bits per heavy atom. The van der Waals surface area contributed by atoms with Gasteiger partial charge in [0.05, 0.1) is 43.8 Å². The lowest BCUT2D eigenvalue weighted by Crippen LogP contribution is -2.55. The fourth-order valence-electron chi connectivity index (χ4n) is 5.49. The first kappa shape index (κ1) is 32.7. The topological polar surface area (TPSA) is 137 Å². The number of pyridine rings is 1. The number of hydrogen-bond acceptors (Lipinski definition) is 7. The third-order valence-electron chi connectivity index (χ3n) is 7.78. The molecule has 0 spiro atoms. The van der Waals surface area contributed by atoms with E-state index < -0.39 is 12.1 Å². The first-order valence-corrected chi connectivity index (χ1v) is 15.4. The second-order valence-corrected chi connectivity index (χ2v) is 11.4. The Bertz CT molecular complexity index is 1220. The Hall–Kier alpha value is -2.82. The lowest BCUT2D eigenvalue weighted by Gasteiger charge is -2.38. The number of Topliss-reactive ketones (excluding diaryl/α,β-unsaturated/α-hetero) is 1. The molecule has 1 aromatic heterocycles. The summed E-state index contributed by atoms with van der Waals surface area (Å²) >= 11 is 4.38. The lowest BCUT2D eigenvalue weighted by molar-refractivity contribution is -0.925. The minimum absolute atomic E-state index is 0.0492. The summed E-state index contributed by atoms with van der Waals surface area (Å²) in [5, 5.41) is 3.97. The fraction of sp³-hybridized carbons (Fsp3) is 0.469. The number of fused-ring (bicyclic) bond motifs is 1. The summed E-state index contributed by atoms with van der Waals surface area (Å²) < 4.78 is 0.819. The molecule has 0 bridgehead atoms. The van der Waals surface area contributed by atoms with Crippen molar-refractivity contribution in [2.75, 3.05) is 45.0 Å². The molecule has 0 unspecified atom stereocenters. The predicted octanol–water partition coefficient (Wildman–Crippen LogP) is 2.63. The zero-order valence-corrected chi connectivity index (χ0v) is 25.0. The minimum atomic E-state index is -0.702. The van der Waals surface area contributed by atoms with Crippen LogP contribution >= 0.6 is 12.6 Å². The number of rotatable bonds is 19. The molecule has 9 heteroatoms. The standard InChI is InChI=1S/C32H46N6O2S/c33-15-19-38(20-16-34,18-7-21-41)17-6-11-28(35)32(40)37-30(14-13-25-8-2-1-3-9-25)31(39)23-26-22-27-10-4-5-12-29(27)36-24-26/h1-5,8-10,12,22,24,28,30H,6-7,11,13-21,23,33-35H2,(H-,37,40,41)/p+1/t28-,30+/m0/s1. The molecular weight excluding hydrogens is 532 g/mol. The summed E-state index contributed by atoms with van der Waals surface area (Å²) in [6.07, 6.45) is 5.38. The smallest absolute Gasteiger partial charge is 0.237 e. The van der Waals surface area contributed by atoms with Crippen LogP contribution in [0.2, 0.25) is 0 Å². The number of aryl methyl sites for hydroxylation is 1. The van der Waals surface area contributed by atoms with Crippen molar-refractivity contribution in [1.82, 2.24) is 10.3 Å². The van der Waals surface area contributed by atoms with Crippen LogP contribution in [0.3, 0.4) is 0 Å². The van der Waals surface area contributed by atoms with Gasteiger partial charge in [-0.1, -0.05) is 48.5 Å². The van der Waals surface area contributed by atoms with Crippen LogP contribution < -0.4 is 22.5 Å². The zero-order valence-electron chi connectivity index (χ0n) is 24.1. The van der Waals surface area contributed by atoms with E-state index in [1.807, 2.05) is 60.7 Å². The van der Waals surface area contributed by atoms with E-state index >= 15 is 0 Å². The van der Waals surface area contributed by atoms with Crippen molar-refractivity contribution in [2.24, 2.45) is 17.2 Å². The van der Waals surface area contributed by atoms with Crippen LogP contribution in [0.15, 0.2) is 66.9 Å². The average molecular weight is 580 g/mol. The molecule has 222 valence electrons. The van der Waals surface area contributed by atoms with Gasteiger partial charge >= 0.3 is 0 Å². The summed E-state index contributed by atoms with van der Waals surface area (Å²) in [5.74, 6) is 0.469. The Balaban J connectivity index is 1.64. The summed E-state index contributed by atoms with van der Waals surface area (Å²) in [6, 6.07) is 18.5. The van der Waals surface area contributed by atoms with E-state index in [1.54, 1.807) is 6.20 Å². The van der Waals surface area contributed by atoms with Crippen molar-refractivity contribution in [3.05, 3.63) is 78.0 Å². The van der Waals surface area contributed by atoms with Crippen molar-refractivity contribution in [2.45, 2.75) is 50.6 Å². The number of nitrogens with two attached hydrogens (primary N) is 3. The highest BCUT2D eigenvalue weighted by Crippen LogP contribution is 2.16. The molecule has 1 amide bonds. The second-order valence-electron chi connectivity index (χ2n) is 10.9. The maximum absolute atomic E-state index is 13.5. The van der Waals surface area contributed by atoms with Crippen LogP contribution in [0.25, 0.3) is 10.9 Å². The van der Waals surface area contributed by atoms with Crippen LogP contribution in [0.5, 0.6) is 0 Å². The molecule has 2 atom stereocenters. The van der Waals surface area contributed by atoms with Crippen LogP contribution in [0.4, 0.5) is 0 Å². The maximum Gasteiger partial charge on any atom is 0.237 e. The number of aromatic nitrogens is 1. The number of thiol groups is 1. The number of nitrogens with zero attached hydrogens (tertiary/aromatic N) is 2. The predicted molar refractivity (Wildman–Crippen MR) is 171 cm³/mol. The van der Waals surface area contributed by atoms with E-state index in [-0.39, 0.29) is 18.1 Å². The molecule has 0 saturated heterocycles. The van der Waals surface area contributed by atoms with Gasteiger partial charge in [0.2, 0.25) is 5.91 Å². The first-order chi connectivity index (χ1) is 19.9. The molecular formula is C32H47N6O2S+. The number of para-hydroxylation sites is 1. The quantitative estimate of drug-likeness (QED) is 0.109. The Morgan fingerprint density at radius 2 is 1.56 bits per heavy atom. The molecule has 41 heavy (non-hydrogen) atoms. The molecule has 0 aliphatic rings. The molecule has 3 rings (SSSR count). The maximum atomic E-state index is 13.5. The van der Waals surface area contributed by atoms with Crippen LogP contribution in [0.1, 0.15) is 36.8 Å². The molecule has 7 N–H and O–H groups in total. The van der Waals surface area contributed by atoms with Crippen molar-refractivity contribution < 1.29 is 14.1 Å². The fourth-order valence-corrected chi connectivity index (χ4v) is 5.63. The van der Waals surface area contributed by atoms with Gasteiger partial charge in [-0.3, -0.25) is 14.6 Å². The molecule has 0 saturated carbocycles. The Kier molecular flexibility index (Phi) is 13.7. The molecule has 0 fully saturated rings. The van der Waals surface area contributed by atoms with Gasteiger partial charge in [-0.2, -0.15) is 12.6 Å². The number of ketones is 1. The molecule has 3 aromatic rings. The summed E-state index contributed by atoms with van der Waals surface area (Å²) in [5.41, 5.74) is 21.1. The monoisotopic (exact) mass is 579 g/mol. The van der Waals surface area contributed by atoms with E-state index in [1.165, 1.54) is 0 Å². The van der Waals surface area contributed by atoms with Crippen LogP contribution in [-0.4, -0.2) is 78.3 Å². The minimum Gasteiger partial charge on any atom is -0.345 e. The number of quaternary nitrogens is 1. The lowest BCUT2D eigenvalue weighted by atomic mass is 9.97. The molecule has 1 heterocycles. The molecule has 0 aliphatic heterocycles. The van der Waals surface area contributed by atoms with Gasteiger partial charge in [0, 0.05) is 37.5 Å². The van der Waals surface area contributed by atoms with Gasteiger partial charge < -0.3 is 27.0 Å². The van der Waals surface area contributed by atoms with E-state index in [0.717, 1.165) is 71.3 Å². The van der Waals surface area contributed by atoms with Gasteiger partial charge in [0.25, 0.3) is 0 Å². The van der Waals surface area contributed by atoms with Gasteiger partial charge in [-0.05, 0) is 54.7 Å². The van der Waals surface area contributed by atoms with Crippen molar-refractivity contribution in [1.29, 1.82) is 0 Å².